The Hall–Kier alpha value is -2.94. The second kappa shape index (κ2) is 12.5. The van der Waals surface area contributed by atoms with Gasteiger partial charge in [-0.15, -0.1) is 0 Å². The van der Waals surface area contributed by atoms with Crippen LogP contribution >= 0.6 is 0 Å². The number of Topliss-reactive ketones (excluding diaryl/α,β-unsaturated/α-hetero) is 1. The van der Waals surface area contributed by atoms with E-state index >= 15 is 0 Å². The molecule has 0 bridgehead atoms. The fraction of sp³-hybridized carbons (Fsp3) is 0.419. The van der Waals surface area contributed by atoms with Crippen molar-refractivity contribution in [2.75, 3.05) is 7.11 Å². The van der Waals surface area contributed by atoms with E-state index in [2.05, 4.69) is 68.2 Å². The summed E-state index contributed by atoms with van der Waals surface area (Å²) in [5, 5.41) is 0. The number of carbonyl (C=O) groups excluding carboxylic acids is 1. The van der Waals surface area contributed by atoms with E-state index in [0.717, 1.165) is 41.3 Å². The van der Waals surface area contributed by atoms with E-state index in [1.807, 2.05) is 6.07 Å². The predicted molar refractivity (Wildman–Crippen MR) is 141 cm³/mol. The quantitative estimate of drug-likeness (QED) is 0.264. The molecule has 0 spiro atoms. The molecule has 0 aliphatic carbocycles. The molecule has 0 saturated heterocycles. The normalized spacial score (nSPS) is 11.9. The molecule has 3 aromatic rings. The minimum atomic E-state index is 0.0535. The summed E-state index contributed by atoms with van der Waals surface area (Å²) < 4.78 is 5.75. The van der Waals surface area contributed by atoms with Gasteiger partial charge in [0.2, 0.25) is 0 Å². The summed E-state index contributed by atoms with van der Waals surface area (Å²) in [5.41, 5.74) is 7.59. The Morgan fingerprint density at radius 2 is 1.79 bits per heavy atom. The van der Waals surface area contributed by atoms with E-state index in [4.69, 9.17) is 4.74 Å². The van der Waals surface area contributed by atoms with Gasteiger partial charge in [0.1, 0.15) is 5.75 Å². The van der Waals surface area contributed by atoms with Crippen LogP contribution in [0.4, 0.5) is 0 Å². The van der Waals surface area contributed by atoms with Crippen molar-refractivity contribution in [3.63, 3.8) is 0 Å². The molecule has 3 rings (SSSR count). The van der Waals surface area contributed by atoms with E-state index < -0.39 is 0 Å². The highest BCUT2D eigenvalue weighted by Crippen LogP contribution is 2.26. The molecule has 34 heavy (non-hydrogen) atoms. The third-order valence-corrected chi connectivity index (χ3v) is 6.73. The van der Waals surface area contributed by atoms with Crippen LogP contribution in [0.3, 0.4) is 0 Å². The molecule has 1 unspecified atom stereocenters. The lowest BCUT2D eigenvalue weighted by Crippen LogP contribution is -2.06. The Morgan fingerprint density at radius 3 is 2.50 bits per heavy atom. The van der Waals surface area contributed by atoms with E-state index in [9.17, 15) is 4.79 Å². The molecule has 3 heteroatoms. The van der Waals surface area contributed by atoms with Crippen molar-refractivity contribution in [3.05, 3.63) is 93.8 Å². The van der Waals surface area contributed by atoms with E-state index in [1.165, 1.54) is 42.4 Å². The molecule has 1 atom stereocenters. The zero-order chi connectivity index (χ0) is 24.5. The summed E-state index contributed by atoms with van der Waals surface area (Å²) in [4.78, 5) is 16.9. The van der Waals surface area contributed by atoms with Crippen molar-refractivity contribution in [2.45, 2.75) is 72.6 Å². The van der Waals surface area contributed by atoms with Gasteiger partial charge in [0.05, 0.1) is 7.11 Å². The van der Waals surface area contributed by atoms with Crippen LogP contribution in [-0.2, 0) is 19.3 Å². The molecule has 0 fully saturated rings. The highest BCUT2D eigenvalue weighted by molar-refractivity contribution is 5.95. The smallest absolute Gasteiger partial charge is 0.161 e. The second-order valence-corrected chi connectivity index (χ2v) is 9.60. The van der Waals surface area contributed by atoms with Gasteiger partial charge >= 0.3 is 0 Å². The molecular formula is C31H39NO2. The Labute approximate surface area is 205 Å². The number of hydrogen-bond donors (Lipinski definition) is 0. The van der Waals surface area contributed by atoms with Crippen molar-refractivity contribution in [1.82, 2.24) is 4.98 Å². The van der Waals surface area contributed by atoms with Gasteiger partial charge in [0, 0.05) is 29.4 Å². The number of methoxy groups -OCH3 is 1. The van der Waals surface area contributed by atoms with Gasteiger partial charge in [0.15, 0.2) is 5.78 Å². The Morgan fingerprint density at radius 1 is 1.00 bits per heavy atom. The molecule has 0 radical (unpaired) electrons. The molecule has 0 N–H and O–H groups in total. The van der Waals surface area contributed by atoms with Crippen LogP contribution in [0.15, 0.2) is 54.7 Å². The highest BCUT2D eigenvalue weighted by Gasteiger charge is 2.13. The number of rotatable bonds is 12. The lowest BCUT2D eigenvalue weighted by molar-refractivity contribution is 0.101. The van der Waals surface area contributed by atoms with E-state index in [0.29, 0.717) is 12.0 Å². The Kier molecular flexibility index (Phi) is 9.44. The number of pyridine rings is 1. The fourth-order valence-electron chi connectivity index (χ4n) is 4.70. The van der Waals surface area contributed by atoms with Crippen molar-refractivity contribution < 1.29 is 9.53 Å². The summed E-state index contributed by atoms with van der Waals surface area (Å²) in [5.74, 6) is 1.76. The van der Waals surface area contributed by atoms with Crippen molar-refractivity contribution >= 4 is 5.78 Å². The van der Waals surface area contributed by atoms with Crippen LogP contribution in [0.2, 0.25) is 0 Å². The highest BCUT2D eigenvalue weighted by atomic mass is 16.5. The standard InChI is InChI=1S/C31H39NO2/c1-6-10-22(2)11-9-13-25-15-16-27(31(17-25)34-5)19-29-20-28(30(21-32-29)24(4)33)18-26-14-8-7-12-23(26)3/h7-8,12,14-17,20-22H,6,9-11,13,18-19H2,1-5H3. The fourth-order valence-corrected chi connectivity index (χ4v) is 4.70. The molecule has 0 aliphatic rings. The molecule has 1 heterocycles. The molecule has 0 amide bonds. The summed E-state index contributed by atoms with van der Waals surface area (Å²) in [7, 11) is 1.74. The largest absolute Gasteiger partial charge is 0.496 e. The number of benzene rings is 2. The van der Waals surface area contributed by atoms with Crippen molar-refractivity contribution in [2.24, 2.45) is 5.92 Å². The van der Waals surface area contributed by atoms with E-state index in [1.54, 1.807) is 20.2 Å². The molecule has 0 saturated carbocycles. The zero-order valence-corrected chi connectivity index (χ0v) is 21.5. The first-order valence-corrected chi connectivity index (χ1v) is 12.6. The number of aromatic nitrogens is 1. The first-order valence-electron chi connectivity index (χ1n) is 12.6. The second-order valence-electron chi connectivity index (χ2n) is 9.60. The van der Waals surface area contributed by atoms with Crippen LogP contribution in [0.5, 0.6) is 5.75 Å². The van der Waals surface area contributed by atoms with E-state index in [-0.39, 0.29) is 5.78 Å². The Bertz CT molecular complexity index is 1100. The number of ether oxygens (including phenoxy) is 1. The summed E-state index contributed by atoms with van der Waals surface area (Å²) in [6.45, 7) is 8.34. The topological polar surface area (TPSA) is 39.2 Å². The van der Waals surface area contributed by atoms with Crippen LogP contribution in [-0.4, -0.2) is 17.9 Å². The van der Waals surface area contributed by atoms with Crippen LogP contribution < -0.4 is 4.74 Å². The van der Waals surface area contributed by atoms with Gasteiger partial charge in [-0.1, -0.05) is 69.5 Å². The maximum Gasteiger partial charge on any atom is 0.161 e. The number of nitrogens with zero attached hydrogens (tertiary/aromatic N) is 1. The maximum absolute atomic E-state index is 12.3. The number of hydrogen-bond acceptors (Lipinski definition) is 3. The molecule has 2 aromatic carbocycles. The predicted octanol–water partition coefficient (Wildman–Crippen LogP) is 7.54. The van der Waals surface area contributed by atoms with Crippen LogP contribution in [0, 0.1) is 12.8 Å². The van der Waals surface area contributed by atoms with Gasteiger partial charge in [-0.25, -0.2) is 0 Å². The number of carbonyl (C=O) groups is 1. The molecule has 1 aromatic heterocycles. The van der Waals surface area contributed by atoms with Crippen molar-refractivity contribution in [3.8, 4) is 5.75 Å². The lowest BCUT2D eigenvalue weighted by atomic mass is 9.94. The van der Waals surface area contributed by atoms with Gasteiger partial charge in [0.25, 0.3) is 0 Å². The van der Waals surface area contributed by atoms with Crippen LogP contribution in [0.1, 0.15) is 90.3 Å². The van der Waals surface area contributed by atoms with Crippen LogP contribution in [0.25, 0.3) is 0 Å². The average molecular weight is 458 g/mol. The minimum absolute atomic E-state index is 0.0535. The van der Waals surface area contributed by atoms with Gasteiger partial charge < -0.3 is 4.74 Å². The number of aryl methyl sites for hydroxylation is 2. The van der Waals surface area contributed by atoms with Gasteiger partial charge in [-0.05, 0) is 73.4 Å². The summed E-state index contributed by atoms with van der Waals surface area (Å²) in [6.07, 6.45) is 9.27. The molecular weight excluding hydrogens is 418 g/mol. The van der Waals surface area contributed by atoms with Gasteiger partial charge in [-0.2, -0.15) is 0 Å². The first kappa shape index (κ1) is 25.7. The zero-order valence-electron chi connectivity index (χ0n) is 21.5. The van der Waals surface area contributed by atoms with Gasteiger partial charge in [-0.3, -0.25) is 9.78 Å². The third-order valence-electron chi connectivity index (χ3n) is 6.73. The molecule has 3 nitrogen and oxygen atoms in total. The summed E-state index contributed by atoms with van der Waals surface area (Å²) >= 11 is 0. The third kappa shape index (κ3) is 7.03. The summed E-state index contributed by atoms with van der Waals surface area (Å²) in [6, 6.07) is 17.0. The lowest BCUT2D eigenvalue weighted by Gasteiger charge is -2.14. The maximum atomic E-state index is 12.3. The Balaban J connectivity index is 1.77. The first-order chi connectivity index (χ1) is 16.4. The average Bonchev–Trinajstić information content (AvgIpc) is 2.81. The minimum Gasteiger partial charge on any atom is -0.496 e. The SMILES string of the molecule is CCCC(C)CCCc1ccc(Cc2cc(Cc3ccccc3C)c(C(C)=O)cn2)c(OC)c1. The van der Waals surface area contributed by atoms with Crippen molar-refractivity contribution in [1.29, 1.82) is 0 Å². The molecule has 180 valence electrons. The number of ketones is 1. The molecule has 0 aliphatic heterocycles. The monoisotopic (exact) mass is 457 g/mol.